The molecule has 4 rings (SSSR count). The largest absolute Gasteiger partial charge is 0.494 e. The Morgan fingerprint density at radius 2 is 1.53 bits per heavy atom. The van der Waals surface area contributed by atoms with Crippen molar-refractivity contribution in [2.45, 2.75) is 84.1 Å². The number of carbonyl (C=O) groups excluding carboxylic acids is 2. The van der Waals surface area contributed by atoms with Crippen molar-refractivity contribution in [3.8, 4) is 28.3 Å². The molecule has 2 aromatic heterocycles. The van der Waals surface area contributed by atoms with Crippen LogP contribution in [0.25, 0.3) is 22.5 Å². The summed E-state index contributed by atoms with van der Waals surface area (Å²) in [4.78, 5) is 49.9. The Hall–Kier alpha value is -4.57. The van der Waals surface area contributed by atoms with Gasteiger partial charge < -0.3 is 20.1 Å². The number of nitrogens with zero attached hydrogens (tertiary/aromatic N) is 3. The maximum atomic E-state index is 13.4. The fourth-order valence-electron chi connectivity index (χ4n) is 5.22. The molecule has 0 fully saturated rings. The van der Waals surface area contributed by atoms with Crippen molar-refractivity contribution in [3.63, 3.8) is 0 Å². The van der Waals surface area contributed by atoms with Gasteiger partial charge in [-0.2, -0.15) is 0 Å². The minimum absolute atomic E-state index is 0.0388. The number of carbonyl (C=O) groups is 3. The number of hydrogen-bond donors (Lipinski definition) is 2. The number of aliphatic carboxylic acids is 1. The molecule has 2 heterocycles. The highest BCUT2D eigenvalue weighted by Crippen LogP contribution is 2.30. The number of unbranched alkanes of at least 4 members (excludes halogenated alkanes) is 4. The van der Waals surface area contributed by atoms with Gasteiger partial charge >= 0.3 is 5.97 Å². The summed E-state index contributed by atoms with van der Waals surface area (Å²) in [6.07, 6.45) is 9.67. The van der Waals surface area contributed by atoms with Gasteiger partial charge in [0.15, 0.2) is 5.82 Å². The third-order valence-electron chi connectivity index (χ3n) is 8.22. The van der Waals surface area contributed by atoms with Crippen LogP contribution in [0.15, 0.2) is 73.1 Å². The second-order valence-corrected chi connectivity index (χ2v) is 14.4. The van der Waals surface area contributed by atoms with E-state index in [0.717, 1.165) is 45.9 Å². The molecule has 0 bridgehead atoms. The SMILES string of the molecule is CCCCCCCOc1ccc(-c2cnc(-c3ccc(CC(NC(=O)c4ccc(C(C)(C)C)s4)C(=O)N(C)CCC(=O)O)cc3)nc2)cc1. The van der Waals surface area contributed by atoms with Gasteiger partial charge in [0.25, 0.3) is 5.91 Å². The smallest absolute Gasteiger partial charge is 0.305 e. The van der Waals surface area contributed by atoms with Gasteiger partial charge in [-0.15, -0.1) is 11.3 Å². The van der Waals surface area contributed by atoms with Crippen LogP contribution in [0.2, 0.25) is 0 Å². The molecule has 10 heteroatoms. The molecule has 0 saturated carbocycles. The summed E-state index contributed by atoms with van der Waals surface area (Å²) in [5, 5.41) is 12.0. The number of carboxylic acids is 1. The van der Waals surface area contributed by atoms with Crippen molar-refractivity contribution in [1.29, 1.82) is 0 Å². The summed E-state index contributed by atoms with van der Waals surface area (Å²) in [7, 11) is 1.55. The number of amides is 2. The lowest BCUT2D eigenvalue weighted by molar-refractivity contribution is -0.138. The van der Waals surface area contributed by atoms with E-state index in [-0.39, 0.29) is 36.6 Å². The summed E-state index contributed by atoms with van der Waals surface area (Å²) in [6, 6.07) is 18.4. The summed E-state index contributed by atoms with van der Waals surface area (Å²) < 4.78 is 5.89. The average Bonchev–Trinajstić information content (AvgIpc) is 3.61. The van der Waals surface area contributed by atoms with Crippen LogP contribution in [0.3, 0.4) is 0 Å². The Labute approximate surface area is 293 Å². The average molecular weight is 685 g/mol. The molecule has 1 unspecified atom stereocenters. The van der Waals surface area contributed by atoms with Crippen molar-refractivity contribution >= 4 is 29.1 Å². The topological polar surface area (TPSA) is 122 Å². The van der Waals surface area contributed by atoms with Crippen molar-refractivity contribution in [3.05, 3.63) is 88.4 Å². The molecule has 4 aromatic rings. The summed E-state index contributed by atoms with van der Waals surface area (Å²) >= 11 is 1.40. The van der Waals surface area contributed by atoms with Gasteiger partial charge in [0.1, 0.15) is 11.8 Å². The number of benzene rings is 2. The van der Waals surface area contributed by atoms with E-state index in [2.05, 4.69) is 43.0 Å². The first-order valence-electron chi connectivity index (χ1n) is 17.0. The number of likely N-dealkylation sites (N-methyl/N-ethyl adjacent to an activating group) is 1. The van der Waals surface area contributed by atoms with Crippen LogP contribution in [0.5, 0.6) is 5.75 Å². The van der Waals surface area contributed by atoms with E-state index < -0.39 is 12.0 Å². The molecule has 49 heavy (non-hydrogen) atoms. The molecule has 0 saturated heterocycles. The monoisotopic (exact) mass is 684 g/mol. The summed E-state index contributed by atoms with van der Waals surface area (Å²) in [6.45, 7) is 9.22. The first-order valence-corrected chi connectivity index (χ1v) is 17.8. The van der Waals surface area contributed by atoms with Crippen molar-refractivity contribution in [1.82, 2.24) is 20.2 Å². The van der Waals surface area contributed by atoms with E-state index in [0.29, 0.717) is 10.7 Å². The number of ether oxygens (including phenoxy) is 1. The molecule has 0 aliphatic heterocycles. The molecule has 9 nitrogen and oxygen atoms in total. The molecule has 260 valence electrons. The third kappa shape index (κ3) is 11.2. The highest BCUT2D eigenvalue weighted by molar-refractivity contribution is 7.14. The summed E-state index contributed by atoms with van der Waals surface area (Å²) in [5.41, 5.74) is 3.44. The number of nitrogens with one attached hydrogen (secondary N) is 1. The normalized spacial score (nSPS) is 11.9. The van der Waals surface area contributed by atoms with E-state index in [1.165, 1.54) is 41.9 Å². The summed E-state index contributed by atoms with van der Waals surface area (Å²) in [5.74, 6) is -0.262. The van der Waals surface area contributed by atoms with E-state index in [9.17, 15) is 14.4 Å². The minimum Gasteiger partial charge on any atom is -0.494 e. The molecule has 2 amide bonds. The van der Waals surface area contributed by atoms with Gasteiger partial charge in [-0.3, -0.25) is 14.4 Å². The Balaban J connectivity index is 1.40. The number of aromatic nitrogens is 2. The second kappa shape index (κ2) is 17.7. The maximum absolute atomic E-state index is 13.4. The highest BCUT2D eigenvalue weighted by Gasteiger charge is 2.27. The van der Waals surface area contributed by atoms with Crippen LogP contribution < -0.4 is 10.1 Å². The zero-order chi connectivity index (χ0) is 35.4. The van der Waals surface area contributed by atoms with E-state index >= 15 is 0 Å². The Bertz CT molecular complexity index is 1660. The standard InChI is InChI=1S/C39H48N4O5S/c1-6-7-8-9-10-23-48-31-17-15-28(16-18-31)30-25-40-36(41-26-30)29-13-11-27(12-14-29)24-32(38(47)43(5)22-21-35(44)45)42-37(46)33-19-20-34(49-33)39(2,3)4/h11-20,25-26,32H,6-10,21-24H2,1-5H3,(H,42,46)(H,44,45). The zero-order valence-electron chi connectivity index (χ0n) is 29.2. The van der Waals surface area contributed by atoms with Crippen molar-refractivity contribution in [2.75, 3.05) is 20.2 Å². The minimum atomic E-state index is -0.995. The van der Waals surface area contributed by atoms with Crippen LogP contribution in [-0.2, 0) is 21.4 Å². The van der Waals surface area contributed by atoms with Gasteiger partial charge in [-0.05, 0) is 47.2 Å². The van der Waals surface area contributed by atoms with Gasteiger partial charge in [-0.25, -0.2) is 9.97 Å². The van der Waals surface area contributed by atoms with Gasteiger partial charge in [0, 0.05) is 48.4 Å². The quantitative estimate of drug-likeness (QED) is 0.109. The molecule has 2 N–H and O–H groups in total. The van der Waals surface area contributed by atoms with Crippen molar-refractivity contribution in [2.24, 2.45) is 0 Å². The molecule has 0 aliphatic rings. The Morgan fingerprint density at radius 1 is 0.878 bits per heavy atom. The van der Waals surface area contributed by atoms with Crippen LogP contribution >= 0.6 is 11.3 Å². The highest BCUT2D eigenvalue weighted by atomic mass is 32.1. The first kappa shape index (κ1) is 37.3. The number of hydrogen-bond acceptors (Lipinski definition) is 7. The maximum Gasteiger partial charge on any atom is 0.305 e. The third-order valence-corrected chi connectivity index (χ3v) is 9.73. The number of carboxylic acid groups (broad SMARTS) is 1. The van der Waals surface area contributed by atoms with Crippen LogP contribution in [-0.4, -0.2) is 64.0 Å². The number of thiophene rings is 1. The van der Waals surface area contributed by atoms with Crippen LogP contribution in [0.4, 0.5) is 0 Å². The lowest BCUT2D eigenvalue weighted by atomic mass is 9.95. The van der Waals surface area contributed by atoms with E-state index in [1.807, 2.05) is 54.6 Å². The fourth-order valence-corrected chi connectivity index (χ4v) is 6.19. The van der Waals surface area contributed by atoms with Gasteiger partial charge in [0.2, 0.25) is 5.91 Å². The zero-order valence-corrected chi connectivity index (χ0v) is 30.0. The fraction of sp³-hybridized carbons (Fsp3) is 0.410. The second-order valence-electron chi connectivity index (χ2n) is 13.3. The molecular weight excluding hydrogens is 637 g/mol. The van der Waals surface area contributed by atoms with E-state index in [1.54, 1.807) is 25.5 Å². The molecule has 2 aromatic carbocycles. The molecular formula is C39H48N4O5S. The lowest BCUT2D eigenvalue weighted by Crippen LogP contribution is -2.48. The van der Waals surface area contributed by atoms with Gasteiger partial charge in [0.05, 0.1) is 17.9 Å². The first-order chi connectivity index (χ1) is 23.4. The van der Waals surface area contributed by atoms with E-state index in [4.69, 9.17) is 9.84 Å². The van der Waals surface area contributed by atoms with Crippen LogP contribution in [0.1, 0.15) is 86.3 Å². The Kier molecular flexibility index (Phi) is 13.5. The predicted molar refractivity (Wildman–Crippen MR) is 195 cm³/mol. The molecule has 0 spiro atoms. The Morgan fingerprint density at radius 3 is 2.14 bits per heavy atom. The molecule has 1 atom stereocenters. The lowest BCUT2D eigenvalue weighted by Gasteiger charge is -2.24. The number of rotatable bonds is 17. The molecule has 0 aliphatic carbocycles. The van der Waals surface area contributed by atoms with Crippen LogP contribution in [0, 0.1) is 0 Å². The van der Waals surface area contributed by atoms with Crippen molar-refractivity contribution < 1.29 is 24.2 Å². The predicted octanol–water partition coefficient (Wildman–Crippen LogP) is 7.79. The molecule has 0 radical (unpaired) electrons. The van der Waals surface area contributed by atoms with Gasteiger partial charge in [-0.1, -0.05) is 89.8 Å².